The summed E-state index contributed by atoms with van der Waals surface area (Å²) in [5.41, 5.74) is 5.25. The molecule has 1 aliphatic heterocycles. The van der Waals surface area contributed by atoms with Gasteiger partial charge in [0.1, 0.15) is 22.2 Å². The van der Waals surface area contributed by atoms with Crippen molar-refractivity contribution in [1.82, 2.24) is 20.1 Å². The first-order valence-corrected chi connectivity index (χ1v) is 14.4. The van der Waals surface area contributed by atoms with Crippen LogP contribution in [0.4, 0.5) is 4.39 Å². The normalized spacial score (nSPS) is 20.5. The molecule has 0 spiro atoms. The highest BCUT2D eigenvalue weighted by Gasteiger charge is 2.41. The summed E-state index contributed by atoms with van der Waals surface area (Å²) in [7, 11) is 0. The number of nitrogens with one attached hydrogen (secondary N) is 1. The highest BCUT2D eigenvalue weighted by atomic mass is 35.5. The van der Waals surface area contributed by atoms with Crippen LogP contribution in [0.15, 0.2) is 47.5 Å². The van der Waals surface area contributed by atoms with Gasteiger partial charge in [0, 0.05) is 26.9 Å². The third-order valence-corrected chi connectivity index (χ3v) is 9.73. The Balaban J connectivity index is 1.27. The van der Waals surface area contributed by atoms with Crippen LogP contribution in [0.5, 0.6) is 0 Å². The van der Waals surface area contributed by atoms with E-state index in [1.54, 1.807) is 23.5 Å². The molecular weight excluding hydrogens is 533 g/mol. The van der Waals surface area contributed by atoms with Crippen molar-refractivity contribution < 1.29 is 9.18 Å². The second kappa shape index (κ2) is 8.83. The fourth-order valence-corrected chi connectivity index (χ4v) is 7.95. The molecule has 1 amide bonds. The molecule has 3 heterocycles. The van der Waals surface area contributed by atoms with Gasteiger partial charge < -0.3 is 5.32 Å². The summed E-state index contributed by atoms with van der Waals surface area (Å²) in [4.78, 5) is 20.0. The second-order valence-corrected chi connectivity index (χ2v) is 12.6. The molecule has 0 saturated carbocycles. The van der Waals surface area contributed by atoms with E-state index in [1.165, 1.54) is 10.9 Å². The van der Waals surface area contributed by atoms with E-state index in [4.69, 9.17) is 16.6 Å². The molecule has 7 rings (SSSR count). The number of aromatic nitrogens is 3. The quantitative estimate of drug-likeness (QED) is 0.333. The van der Waals surface area contributed by atoms with Gasteiger partial charge in [-0.15, -0.1) is 21.5 Å². The second-order valence-electron chi connectivity index (χ2n) is 11.1. The summed E-state index contributed by atoms with van der Waals surface area (Å²) < 4.78 is 15.8. The molecule has 0 radical (unpaired) electrons. The first-order chi connectivity index (χ1) is 18.7. The number of carbonyl (C=O) groups excluding carboxylic acids is 1. The van der Waals surface area contributed by atoms with Gasteiger partial charge in [0.15, 0.2) is 5.82 Å². The molecule has 6 nitrogen and oxygen atoms in total. The van der Waals surface area contributed by atoms with Gasteiger partial charge >= 0.3 is 0 Å². The van der Waals surface area contributed by atoms with Crippen molar-refractivity contribution in [1.29, 1.82) is 0 Å². The average Bonchev–Trinajstić information content (AvgIpc) is 3.64. The number of hydrogen-bond donors (Lipinski definition) is 1. The van der Waals surface area contributed by atoms with Gasteiger partial charge in [-0.05, 0) is 81.3 Å². The Morgan fingerprint density at radius 3 is 2.82 bits per heavy atom. The van der Waals surface area contributed by atoms with Gasteiger partial charge in [-0.25, -0.2) is 4.39 Å². The van der Waals surface area contributed by atoms with Gasteiger partial charge in [-0.1, -0.05) is 35.9 Å². The Labute approximate surface area is 235 Å². The standard InChI is InChI=1S/C30H27ClFN5OS/c1-15-35-36-29-30(2,3)34-26(20-6-4-5-7-22(20)31)25-21-13-17(14-24(21)39-28(25)37(15)29)27(38)33-23-11-8-16-12-18(32)9-10-19(16)23/h4-7,9-10,12,17,23H,8,11,13-14H2,1-3H3,(H,33,38)/t17-,23?/m0/s1. The lowest BCUT2D eigenvalue weighted by molar-refractivity contribution is -0.125. The molecule has 0 saturated heterocycles. The number of carbonyl (C=O) groups is 1. The lowest BCUT2D eigenvalue weighted by atomic mass is 9.96. The average molecular weight is 560 g/mol. The number of fused-ring (bicyclic) bond motifs is 6. The minimum atomic E-state index is -0.633. The van der Waals surface area contributed by atoms with Crippen LogP contribution < -0.4 is 5.32 Å². The summed E-state index contributed by atoms with van der Waals surface area (Å²) in [6, 6.07) is 12.6. The molecule has 39 heavy (non-hydrogen) atoms. The highest BCUT2D eigenvalue weighted by molar-refractivity contribution is 7.15. The zero-order chi connectivity index (χ0) is 27.1. The number of aliphatic imine (C=N–C) groups is 1. The predicted molar refractivity (Wildman–Crippen MR) is 151 cm³/mol. The molecule has 2 atom stereocenters. The van der Waals surface area contributed by atoms with E-state index < -0.39 is 5.54 Å². The van der Waals surface area contributed by atoms with Gasteiger partial charge in [-0.3, -0.25) is 14.4 Å². The Hall–Kier alpha value is -3.36. The third-order valence-electron chi connectivity index (χ3n) is 8.16. The number of thiophene rings is 1. The van der Waals surface area contributed by atoms with Gasteiger partial charge in [0.2, 0.25) is 5.91 Å². The SMILES string of the molecule is Cc1nnc2n1-c1sc3c(c1C(c1ccccc1Cl)=NC2(C)C)C[C@H](C(=O)NC1CCc2cc(F)ccc21)C3. The van der Waals surface area contributed by atoms with Gasteiger partial charge in [-0.2, -0.15) is 0 Å². The van der Waals surface area contributed by atoms with E-state index in [2.05, 4.69) is 20.1 Å². The summed E-state index contributed by atoms with van der Waals surface area (Å²) >= 11 is 8.43. The van der Waals surface area contributed by atoms with Crippen LogP contribution in [-0.2, 0) is 29.6 Å². The van der Waals surface area contributed by atoms with Crippen molar-refractivity contribution in [2.24, 2.45) is 10.9 Å². The summed E-state index contributed by atoms with van der Waals surface area (Å²) in [5.74, 6) is 1.23. The number of benzene rings is 2. The number of nitrogens with zero attached hydrogens (tertiary/aromatic N) is 4. The van der Waals surface area contributed by atoms with Gasteiger partial charge in [0.05, 0.1) is 11.8 Å². The van der Waals surface area contributed by atoms with Crippen molar-refractivity contribution in [2.45, 2.75) is 58.0 Å². The highest BCUT2D eigenvalue weighted by Crippen LogP contribution is 2.46. The molecule has 2 aliphatic carbocycles. The summed E-state index contributed by atoms with van der Waals surface area (Å²) in [6.07, 6.45) is 2.86. The van der Waals surface area contributed by atoms with Crippen LogP contribution in [0.25, 0.3) is 5.00 Å². The molecule has 2 aromatic carbocycles. The van der Waals surface area contributed by atoms with Crippen molar-refractivity contribution in [3.63, 3.8) is 0 Å². The molecule has 2 aromatic heterocycles. The maximum atomic E-state index is 13.7. The fourth-order valence-electron chi connectivity index (χ4n) is 6.27. The van der Waals surface area contributed by atoms with Crippen molar-refractivity contribution in [3.8, 4) is 5.00 Å². The smallest absolute Gasteiger partial charge is 0.224 e. The number of aryl methyl sites for hydroxylation is 2. The van der Waals surface area contributed by atoms with Crippen LogP contribution in [0.1, 0.15) is 70.7 Å². The van der Waals surface area contributed by atoms with Crippen LogP contribution in [0.2, 0.25) is 5.02 Å². The number of rotatable bonds is 3. The lowest BCUT2D eigenvalue weighted by Gasteiger charge is -2.19. The number of amides is 1. The molecule has 1 unspecified atom stereocenters. The molecule has 0 fully saturated rings. The molecular formula is C30H27ClFN5OS. The molecule has 3 aliphatic rings. The van der Waals surface area contributed by atoms with E-state index in [-0.39, 0.29) is 23.7 Å². The van der Waals surface area contributed by atoms with Crippen LogP contribution in [0.3, 0.4) is 0 Å². The van der Waals surface area contributed by atoms with E-state index in [9.17, 15) is 9.18 Å². The third kappa shape index (κ3) is 3.87. The number of hydrogen-bond acceptors (Lipinski definition) is 5. The first-order valence-electron chi connectivity index (χ1n) is 13.2. The van der Waals surface area contributed by atoms with Crippen molar-refractivity contribution in [3.05, 3.63) is 97.6 Å². The Morgan fingerprint density at radius 1 is 1.18 bits per heavy atom. The molecule has 198 valence electrons. The first kappa shape index (κ1) is 24.7. The van der Waals surface area contributed by atoms with Crippen molar-refractivity contribution in [2.75, 3.05) is 0 Å². The van der Waals surface area contributed by atoms with E-state index in [0.29, 0.717) is 17.9 Å². The Kier molecular flexibility index (Phi) is 5.58. The zero-order valence-corrected chi connectivity index (χ0v) is 23.5. The topological polar surface area (TPSA) is 72.2 Å². The minimum Gasteiger partial charge on any atom is -0.349 e. The summed E-state index contributed by atoms with van der Waals surface area (Å²) in [6.45, 7) is 6.05. The molecule has 0 bridgehead atoms. The summed E-state index contributed by atoms with van der Waals surface area (Å²) in [5, 5.41) is 13.8. The lowest BCUT2D eigenvalue weighted by Crippen LogP contribution is -2.33. The Morgan fingerprint density at radius 2 is 2.00 bits per heavy atom. The fraction of sp³-hybridized carbons (Fsp3) is 0.333. The maximum Gasteiger partial charge on any atom is 0.224 e. The van der Waals surface area contributed by atoms with Crippen LogP contribution in [-0.4, -0.2) is 26.4 Å². The largest absolute Gasteiger partial charge is 0.349 e. The van der Waals surface area contributed by atoms with Crippen molar-refractivity contribution >= 4 is 34.6 Å². The van der Waals surface area contributed by atoms with E-state index >= 15 is 0 Å². The van der Waals surface area contributed by atoms with Crippen LogP contribution >= 0.6 is 22.9 Å². The Bertz CT molecular complexity index is 1700. The van der Waals surface area contributed by atoms with Crippen LogP contribution in [0, 0.1) is 18.7 Å². The van der Waals surface area contributed by atoms with E-state index in [1.807, 2.05) is 45.0 Å². The number of halogens is 2. The maximum absolute atomic E-state index is 13.7. The minimum absolute atomic E-state index is 0.0423. The molecule has 1 N–H and O–H groups in total. The monoisotopic (exact) mass is 559 g/mol. The molecule has 4 aromatic rings. The van der Waals surface area contributed by atoms with E-state index in [0.717, 1.165) is 63.0 Å². The zero-order valence-electron chi connectivity index (χ0n) is 21.9. The van der Waals surface area contributed by atoms with Gasteiger partial charge in [0.25, 0.3) is 0 Å². The molecule has 9 heteroatoms. The predicted octanol–water partition coefficient (Wildman–Crippen LogP) is 6.03.